The zero-order valence-electron chi connectivity index (χ0n) is 11.2. The molecule has 0 aliphatic heterocycles. The van der Waals surface area contributed by atoms with Crippen molar-refractivity contribution in [2.75, 3.05) is 0 Å². The zero-order valence-corrected chi connectivity index (χ0v) is 11.2. The van der Waals surface area contributed by atoms with Gasteiger partial charge in [-0.2, -0.15) is 0 Å². The van der Waals surface area contributed by atoms with Crippen LogP contribution in [0.15, 0.2) is 6.07 Å². The molecule has 1 aliphatic rings. The normalized spacial score (nSPS) is 16.3. The standard InChI is InChI=1S/C14H17N3O2/c1-8-13(14(18)19)17-9(2)16-11(7-12(17)15-8)10-5-3-4-6-10/h7,10H,3-6H2,1-2H3,(H,18,19). The molecule has 5 heteroatoms. The highest BCUT2D eigenvalue weighted by Gasteiger charge is 2.22. The summed E-state index contributed by atoms with van der Waals surface area (Å²) in [6.07, 6.45) is 4.86. The second kappa shape index (κ2) is 4.33. The van der Waals surface area contributed by atoms with Crippen LogP contribution in [0.3, 0.4) is 0 Å². The molecule has 0 aromatic carbocycles. The molecule has 0 amide bonds. The fourth-order valence-electron chi connectivity index (χ4n) is 3.06. The van der Waals surface area contributed by atoms with Crippen LogP contribution < -0.4 is 0 Å². The molecule has 19 heavy (non-hydrogen) atoms. The van der Waals surface area contributed by atoms with Gasteiger partial charge in [-0.3, -0.25) is 4.40 Å². The third-order valence-electron chi connectivity index (χ3n) is 3.95. The smallest absolute Gasteiger partial charge is 0.354 e. The van der Waals surface area contributed by atoms with Gasteiger partial charge in [0.25, 0.3) is 0 Å². The number of carboxylic acids is 1. The fraction of sp³-hybridized carbons (Fsp3) is 0.500. The van der Waals surface area contributed by atoms with Gasteiger partial charge in [0.05, 0.1) is 5.69 Å². The fourth-order valence-corrected chi connectivity index (χ4v) is 3.06. The summed E-state index contributed by atoms with van der Waals surface area (Å²) < 4.78 is 1.64. The molecule has 2 aromatic heterocycles. The van der Waals surface area contributed by atoms with Crippen molar-refractivity contribution in [3.05, 3.63) is 29.0 Å². The molecule has 0 atom stereocenters. The number of imidazole rings is 1. The van der Waals surface area contributed by atoms with E-state index in [-0.39, 0.29) is 5.69 Å². The van der Waals surface area contributed by atoms with Gasteiger partial charge in [-0.1, -0.05) is 12.8 Å². The summed E-state index contributed by atoms with van der Waals surface area (Å²) in [7, 11) is 0. The number of nitrogens with zero attached hydrogens (tertiary/aromatic N) is 3. The third-order valence-corrected chi connectivity index (χ3v) is 3.95. The van der Waals surface area contributed by atoms with E-state index in [1.54, 1.807) is 11.3 Å². The monoisotopic (exact) mass is 259 g/mol. The van der Waals surface area contributed by atoms with Crippen molar-refractivity contribution < 1.29 is 9.90 Å². The first-order chi connectivity index (χ1) is 9.08. The van der Waals surface area contributed by atoms with Crippen LogP contribution in [0.2, 0.25) is 0 Å². The molecule has 1 N–H and O–H groups in total. The van der Waals surface area contributed by atoms with E-state index in [2.05, 4.69) is 9.97 Å². The summed E-state index contributed by atoms with van der Waals surface area (Å²) >= 11 is 0. The van der Waals surface area contributed by atoms with E-state index in [1.807, 2.05) is 13.0 Å². The van der Waals surface area contributed by atoms with Crippen LogP contribution in [-0.2, 0) is 0 Å². The number of carbonyl (C=O) groups is 1. The summed E-state index contributed by atoms with van der Waals surface area (Å²) in [6.45, 7) is 3.57. The quantitative estimate of drug-likeness (QED) is 0.900. The first-order valence-electron chi connectivity index (χ1n) is 6.68. The van der Waals surface area contributed by atoms with Crippen molar-refractivity contribution in [2.45, 2.75) is 45.4 Å². The van der Waals surface area contributed by atoms with E-state index in [0.717, 1.165) is 5.69 Å². The number of hydrogen-bond donors (Lipinski definition) is 1. The zero-order chi connectivity index (χ0) is 13.6. The van der Waals surface area contributed by atoms with Crippen molar-refractivity contribution in [1.82, 2.24) is 14.4 Å². The van der Waals surface area contributed by atoms with Crippen molar-refractivity contribution in [3.8, 4) is 0 Å². The molecule has 100 valence electrons. The molecular formula is C14H17N3O2. The first kappa shape index (κ1) is 12.1. The van der Waals surface area contributed by atoms with Gasteiger partial charge in [0.15, 0.2) is 5.69 Å². The van der Waals surface area contributed by atoms with Crippen molar-refractivity contribution >= 4 is 11.6 Å². The van der Waals surface area contributed by atoms with Gasteiger partial charge in [0.2, 0.25) is 0 Å². The van der Waals surface area contributed by atoms with Crippen LogP contribution in [-0.4, -0.2) is 25.4 Å². The second-order valence-electron chi connectivity index (χ2n) is 5.25. The van der Waals surface area contributed by atoms with E-state index in [1.165, 1.54) is 25.7 Å². The number of aromatic carboxylic acids is 1. The minimum atomic E-state index is -0.955. The Balaban J connectivity index is 2.19. The molecule has 0 saturated heterocycles. The van der Waals surface area contributed by atoms with Crippen LogP contribution in [0.1, 0.15) is 59.3 Å². The van der Waals surface area contributed by atoms with Crippen molar-refractivity contribution in [2.24, 2.45) is 0 Å². The molecule has 2 heterocycles. The number of rotatable bonds is 2. The van der Waals surface area contributed by atoms with E-state index in [4.69, 9.17) is 0 Å². The highest BCUT2D eigenvalue weighted by molar-refractivity contribution is 5.88. The number of carboxylic acid groups (broad SMARTS) is 1. The summed E-state index contributed by atoms with van der Waals surface area (Å²) in [6, 6.07) is 1.95. The van der Waals surface area contributed by atoms with E-state index in [0.29, 0.717) is 23.1 Å². The number of aryl methyl sites for hydroxylation is 2. The van der Waals surface area contributed by atoms with E-state index >= 15 is 0 Å². The average molecular weight is 259 g/mol. The Hall–Kier alpha value is -1.91. The molecule has 5 nitrogen and oxygen atoms in total. The van der Waals surface area contributed by atoms with E-state index in [9.17, 15) is 9.90 Å². The van der Waals surface area contributed by atoms with Gasteiger partial charge in [-0.05, 0) is 26.7 Å². The Morgan fingerprint density at radius 3 is 2.63 bits per heavy atom. The molecule has 2 aromatic rings. The summed E-state index contributed by atoms with van der Waals surface area (Å²) in [5.74, 6) is 0.259. The maximum atomic E-state index is 11.3. The lowest BCUT2D eigenvalue weighted by Crippen LogP contribution is -2.09. The van der Waals surface area contributed by atoms with Gasteiger partial charge in [0, 0.05) is 17.7 Å². The minimum Gasteiger partial charge on any atom is -0.477 e. The second-order valence-corrected chi connectivity index (χ2v) is 5.25. The van der Waals surface area contributed by atoms with Crippen molar-refractivity contribution in [3.63, 3.8) is 0 Å². The maximum absolute atomic E-state index is 11.3. The SMILES string of the molecule is Cc1nc2cc(C3CCCC3)nc(C)n2c1C(=O)O. The molecule has 1 aliphatic carbocycles. The summed E-state index contributed by atoms with van der Waals surface area (Å²) in [4.78, 5) is 20.3. The summed E-state index contributed by atoms with van der Waals surface area (Å²) in [5.41, 5.74) is 2.52. The largest absolute Gasteiger partial charge is 0.477 e. The predicted molar refractivity (Wildman–Crippen MR) is 70.6 cm³/mol. The van der Waals surface area contributed by atoms with Crippen LogP contribution in [0.4, 0.5) is 0 Å². The van der Waals surface area contributed by atoms with Gasteiger partial charge in [0.1, 0.15) is 11.5 Å². The Morgan fingerprint density at radius 2 is 2.00 bits per heavy atom. The highest BCUT2D eigenvalue weighted by atomic mass is 16.4. The predicted octanol–water partition coefficient (Wildman–Crippen LogP) is 2.70. The molecule has 1 saturated carbocycles. The molecule has 0 radical (unpaired) electrons. The number of hydrogen-bond acceptors (Lipinski definition) is 3. The van der Waals surface area contributed by atoms with Gasteiger partial charge < -0.3 is 5.11 Å². The average Bonchev–Trinajstić information content (AvgIpc) is 2.94. The van der Waals surface area contributed by atoms with E-state index < -0.39 is 5.97 Å². The molecule has 3 rings (SSSR count). The third kappa shape index (κ3) is 1.89. The summed E-state index contributed by atoms with van der Waals surface area (Å²) in [5, 5.41) is 9.27. The molecule has 1 fully saturated rings. The lowest BCUT2D eigenvalue weighted by molar-refractivity contribution is 0.0688. The Morgan fingerprint density at radius 1 is 1.32 bits per heavy atom. The van der Waals surface area contributed by atoms with Crippen LogP contribution in [0.25, 0.3) is 5.65 Å². The van der Waals surface area contributed by atoms with Crippen LogP contribution >= 0.6 is 0 Å². The van der Waals surface area contributed by atoms with Crippen LogP contribution in [0, 0.1) is 13.8 Å². The van der Waals surface area contributed by atoms with Gasteiger partial charge in [-0.15, -0.1) is 0 Å². The van der Waals surface area contributed by atoms with Gasteiger partial charge >= 0.3 is 5.97 Å². The molecule has 0 bridgehead atoms. The molecule has 0 spiro atoms. The Kier molecular flexibility index (Phi) is 2.77. The molecule has 0 unspecified atom stereocenters. The van der Waals surface area contributed by atoms with Crippen LogP contribution in [0.5, 0.6) is 0 Å². The Labute approximate surface area is 111 Å². The lowest BCUT2D eigenvalue weighted by atomic mass is 10.0. The maximum Gasteiger partial charge on any atom is 0.354 e. The highest BCUT2D eigenvalue weighted by Crippen LogP contribution is 2.33. The number of aromatic nitrogens is 3. The molecular weight excluding hydrogens is 242 g/mol. The number of fused-ring (bicyclic) bond motifs is 1. The van der Waals surface area contributed by atoms with Gasteiger partial charge in [-0.25, -0.2) is 14.8 Å². The first-order valence-corrected chi connectivity index (χ1v) is 6.68. The topological polar surface area (TPSA) is 67.5 Å². The Bertz CT molecular complexity index is 654. The lowest BCUT2D eigenvalue weighted by Gasteiger charge is -2.11. The minimum absolute atomic E-state index is 0.220. The van der Waals surface area contributed by atoms with Crippen molar-refractivity contribution in [1.29, 1.82) is 0 Å².